The summed E-state index contributed by atoms with van der Waals surface area (Å²) < 4.78 is 34.4. The fourth-order valence-electron chi connectivity index (χ4n) is 7.32. The molecule has 302 valence electrons. The second-order valence-corrected chi connectivity index (χ2v) is 15.0. The second kappa shape index (κ2) is 17.5. The Balaban J connectivity index is 1.49. The zero-order chi connectivity index (χ0) is 41.0. The number of aryl methyl sites for hydroxylation is 1. The Morgan fingerprint density at radius 3 is 2.23 bits per heavy atom. The molecule has 0 spiro atoms. The molecular formula is C39H49F2N7O8. The highest BCUT2D eigenvalue weighted by molar-refractivity contribution is 5.98. The van der Waals surface area contributed by atoms with E-state index in [0.29, 0.717) is 18.2 Å². The van der Waals surface area contributed by atoms with Gasteiger partial charge in [-0.15, -0.1) is 0 Å². The van der Waals surface area contributed by atoms with Gasteiger partial charge in [-0.1, -0.05) is 24.6 Å². The third-order valence-electron chi connectivity index (χ3n) is 10.6. The average Bonchev–Trinajstić information content (AvgIpc) is 3.79. The van der Waals surface area contributed by atoms with Gasteiger partial charge in [-0.25, -0.2) is 18.4 Å². The van der Waals surface area contributed by atoms with Crippen LogP contribution in [0.15, 0.2) is 42.5 Å². The number of benzene rings is 2. The fourth-order valence-corrected chi connectivity index (χ4v) is 7.32. The number of nitrogens with zero attached hydrogens (tertiary/aromatic N) is 3. The molecule has 15 nitrogen and oxygen atoms in total. The lowest BCUT2D eigenvalue weighted by Crippen LogP contribution is -2.62. The molecule has 7 amide bonds. The molecule has 0 saturated carbocycles. The predicted octanol–water partition coefficient (Wildman–Crippen LogP) is 2.02. The molecule has 0 bridgehead atoms. The quantitative estimate of drug-likeness (QED) is 0.321. The third kappa shape index (κ3) is 9.60. The number of hydrogen-bond acceptors (Lipinski definition) is 8. The number of amides is 7. The van der Waals surface area contributed by atoms with Crippen LogP contribution in [-0.2, 0) is 39.9 Å². The number of nitrogens with one attached hydrogen (secondary N) is 4. The molecule has 3 fully saturated rings. The zero-order valence-corrected chi connectivity index (χ0v) is 32.3. The Morgan fingerprint density at radius 1 is 0.911 bits per heavy atom. The van der Waals surface area contributed by atoms with Gasteiger partial charge in [-0.3, -0.25) is 24.0 Å². The van der Waals surface area contributed by atoms with Gasteiger partial charge in [-0.05, 0) is 82.7 Å². The molecule has 8 atom stereocenters. The molecule has 0 unspecified atom stereocenters. The SMILES string of the molecule is Cc1ccc(NC(=O)N[C@@H](Cc2cc(F)cc(F)c2)C(=O)N[C@@H]2C(=O)N3CCC[C@H]3C(=O)N(C)[C@@H](C)C(=O)N[C@@H](C)C(=O)N3C[C@H](C)C[C@H]3C(=O)O[C@H]2C)cc1. The number of rotatable bonds is 6. The summed E-state index contributed by atoms with van der Waals surface area (Å²) in [4.78, 5) is 100. The van der Waals surface area contributed by atoms with Gasteiger partial charge in [0.2, 0.25) is 29.5 Å². The van der Waals surface area contributed by atoms with Crippen molar-refractivity contribution in [1.82, 2.24) is 30.7 Å². The number of esters is 1. The van der Waals surface area contributed by atoms with Crippen LogP contribution in [0.3, 0.4) is 0 Å². The van der Waals surface area contributed by atoms with E-state index in [2.05, 4.69) is 21.3 Å². The van der Waals surface area contributed by atoms with Crippen LogP contribution in [0.4, 0.5) is 19.3 Å². The summed E-state index contributed by atoms with van der Waals surface area (Å²) in [6, 6.07) is 1.25. The summed E-state index contributed by atoms with van der Waals surface area (Å²) in [7, 11) is 1.41. The van der Waals surface area contributed by atoms with Gasteiger partial charge in [0.25, 0.3) is 0 Å². The summed E-state index contributed by atoms with van der Waals surface area (Å²) in [6.07, 6.45) is -0.923. The predicted molar refractivity (Wildman–Crippen MR) is 199 cm³/mol. The maximum atomic E-state index is 14.5. The van der Waals surface area contributed by atoms with Crippen molar-refractivity contribution < 1.29 is 47.1 Å². The first-order valence-electron chi connectivity index (χ1n) is 18.7. The molecule has 0 aromatic heterocycles. The fraction of sp³-hybridized carbons (Fsp3) is 0.513. The highest BCUT2D eigenvalue weighted by atomic mass is 19.1. The van der Waals surface area contributed by atoms with Crippen molar-refractivity contribution in [2.24, 2.45) is 5.92 Å². The minimum absolute atomic E-state index is 0.0165. The summed E-state index contributed by atoms with van der Waals surface area (Å²) in [5, 5.41) is 10.4. The largest absolute Gasteiger partial charge is 0.458 e. The molecule has 3 aliphatic heterocycles. The molecule has 3 aliphatic rings. The summed E-state index contributed by atoms with van der Waals surface area (Å²) in [5.41, 5.74) is 1.34. The van der Waals surface area contributed by atoms with E-state index in [0.717, 1.165) is 17.7 Å². The van der Waals surface area contributed by atoms with Crippen molar-refractivity contribution in [3.8, 4) is 0 Å². The minimum atomic E-state index is -1.63. The van der Waals surface area contributed by atoms with Crippen molar-refractivity contribution in [2.75, 3.05) is 25.5 Å². The topological polar surface area (TPSA) is 187 Å². The number of carbonyl (C=O) groups excluding carboxylic acids is 7. The van der Waals surface area contributed by atoms with Gasteiger partial charge >= 0.3 is 12.0 Å². The number of likely N-dealkylation sites (N-methyl/N-ethyl adjacent to an activating group) is 1. The van der Waals surface area contributed by atoms with E-state index >= 15 is 0 Å². The highest BCUT2D eigenvalue weighted by Crippen LogP contribution is 2.27. The van der Waals surface area contributed by atoms with E-state index in [4.69, 9.17) is 4.74 Å². The summed E-state index contributed by atoms with van der Waals surface area (Å²) in [5.74, 6) is -6.26. The normalized spacial score (nSPS) is 26.9. The van der Waals surface area contributed by atoms with Crippen LogP contribution in [0.25, 0.3) is 0 Å². The van der Waals surface area contributed by atoms with Crippen LogP contribution < -0.4 is 21.3 Å². The van der Waals surface area contributed by atoms with E-state index in [1.807, 2.05) is 13.8 Å². The summed E-state index contributed by atoms with van der Waals surface area (Å²) >= 11 is 0. The van der Waals surface area contributed by atoms with Gasteiger partial charge in [0.1, 0.15) is 54.0 Å². The van der Waals surface area contributed by atoms with Crippen LogP contribution in [-0.4, -0.2) is 119 Å². The molecular weight excluding hydrogens is 732 g/mol. The first kappa shape index (κ1) is 41.6. The number of anilines is 1. The molecule has 4 N–H and O–H groups in total. The lowest BCUT2D eigenvalue weighted by molar-refractivity contribution is -0.162. The number of ether oxygens (including phenoxy) is 1. The van der Waals surface area contributed by atoms with Crippen molar-refractivity contribution in [2.45, 2.75) is 103 Å². The van der Waals surface area contributed by atoms with Crippen molar-refractivity contribution >= 4 is 47.2 Å². The molecule has 17 heteroatoms. The van der Waals surface area contributed by atoms with E-state index in [1.165, 1.54) is 42.5 Å². The number of carbonyl (C=O) groups is 7. The van der Waals surface area contributed by atoms with Crippen LogP contribution >= 0.6 is 0 Å². The first-order valence-corrected chi connectivity index (χ1v) is 18.7. The Morgan fingerprint density at radius 2 is 1.57 bits per heavy atom. The molecule has 3 heterocycles. The number of cyclic esters (lactones) is 1. The van der Waals surface area contributed by atoms with E-state index in [-0.39, 0.29) is 37.4 Å². The van der Waals surface area contributed by atoms with Gasteiger partial charge in [0.15, 0.2) is 0 Å². The molecule has 2 aromatic rings. The third-order valence-corrected chi connectivity index (χ3v) is 10.6. The molecule has 0 aliphatic carbocycles. The Hall–Kier alpha value is -5.61. The maximum absolute atomic E-state index is 14.5. The Kier molecular flexibility index (Phi) is 13.0. The average molecular weight is 782 g/mol. The van der Waals surface area contributed by atoms with E-state index in [9.17, 15) is 42.3 Å². The van der Waals surface area contributed by atoms with Gasteiger partial charge in [-0.2, -0.15) is 0 Å². The van der Waals surface area contributed by atoms with E-state index in [1.54, 1.807) is 24.3 Å². The molecule has 3 saturated heterocycles. The van der Waals surface area contributed by atoms with Crippen molar-refractivity contribution in [3.05, 3.63) is 65.2 Å². The lowest BCUT2D eigenvalue weighted by Gasteiger charge is -2.36. The van der Waals surface area contributed by atoms with Gasteiger partial charge in [0, 0.05) is 38.3 Å². The maximum Gasteiger partial charge on any atom is 0.329 e. The number of urea groups is 1. The standard InChI is InChI=1S/C39H49F2N7O8/c1-20-9-11-28(12-10-20)43-39(55)44-29(17-25-15-26(40)18-27(41)16-25)34(50)45-32-24(5)56-38(54)31-14-21(2)19-48(31)35(51)22(3)42-33(49)23(4)46(6)36(52)30-8-7-13-47(30)37(32)53/h9-12,15-16,18,21-24,29-32H,7-8,13-14,17,19H2,1-6H3,(H,42,49)(H,45,50)(H2,43,44,55)/t21-,22+,23+,24+,29+,30+,31+,32+/m1/s1. The van der Waals surface area contributed by atoms with Gasteiger partial charge in [0.05, 0.1) is 0 Å². The first-order chi connectivity index (χ1) is 26.4. The Labute approximate surface area is 323 Å². The van der Waals surface area contributed by atoms with Crippen molar-refractivity contribution in [1.29, 1.82) is 0 Å². The molecule has 5 rings (SSSR count). The van der Waals surface area contributed by atoms with Gasteiger partial charge < -0.3 is 40.7 Å². The molecule has 2 aromatic carbocycles. The van der Waals surface area contributed by atoms with Crippen LogP contribution in [0, 0.1) is 24.5 Å². The highest BCUT2D eigenvalue weighted by Gasteiger charge is 2.46. The smallest absolute Gasteiger partial charge is 0.329 e. The minimum Gasteiger partial charge on any atom is -0.458 e. The molecule has 56 heavy (non-hydrogen) atoms. The molecule has 0 radical (unpaired) electrons. The number of fused-ring (bicyclic) bond motifs is 2. The second-order valence-electron chi connectivity index (χ2n) is 15.0. The van der Waals surface area contributed by atoms with Crippen LogP contribution in [0.5, 0.6) is 0 Å². The number of hydrogen-bond donors (Lipinski definition) is 4. The Bertz CT molecular complexity index is 1840. The monoisotopic (exact) mass is 781 g/mol. The van der Waals surface area contributed by atoms with Crippen molar-refractivity contribution in [3.63, 3.8) is 0 Å². The van der Waals surface area contributed by atoms with Crippen LogP contribution in [0.1, 0.15) is 58.1 Å². The zero-order valence-electron chi connectivity index (χ0n) is 32.3. The summed E-state index contributed by atoms with van der Waals surface area (Å²) in [6.45, 7) is 8.35. The number of halogens is 2. The van der Waals surface area contributed by atoms with Crippen LogP contribution in [0.2, 0.25) is 0 Å². The van der Waals surface area contributed by atoms with E-state index < -0.39 is 102 Å². The lowest BCUT2D eigenvalue weighted by atomic mass is 10.0.